The molecule has 8 heteroatoms. The van der Waals surface area contributed by atoms with Gasteiger partial charge in [0.2, 0.25) is 5.95 Å². The van der Waals surface area contributed by atoms with Gasteiger partial charge in [-0.2, -0.15) is 4.98 Å². The Balaban J connectivity index is 2.14. The Hall–Kier alpha value is -2.41. The van der Waals surface area contributed by atoms with Crippen molar-refractivity contribution in [2.45, 2.75) is 6.43 Å². The molecule has 0 unspecified atom stereocenters. The van der Waals surface area contributed by atoms with Crippen molar-refractivity contribution in [1.82, 2.24) is 14.6 Å². The number of fused-ring (bicyclic) bond motifs is 1. The number of aromatic nitrogens is 3. The second-order valence-corrected chi connectivity index (χ2v) is 4.94. The highest BCUT2D eigenvalue weighted by molar-refractivity contribution is 6.31. The zero-order valence-electron chi connectivity index (χ0n) is 11.2. The molecule has 22 heavy (non-hydrogen) atoms. The van der Waals surface area contributed by atoms with Crippen molar-refractivity contribution in [3.8, 4) is 16.9 Å². The molecular weight excluding hydrogens is 314 g/mol. The lowest BCUT2D eigenvalue weighted by Crippen LogP contribution is -2.07. The van der Waals surface area contributed by atoms with Gasteiger partial charge in [-0.3, -0.25) is 0 Å². The van der Waals surface area contributed by atoms with E-state index in [1.165, 1.54) is 4.52 Å². The largest absolute Gasteiger partial charge is 0.487 e. The first-order valence-corrected chi connectivity index (χ1v) is 6.74. The van der Waals surface area contributed by atoms with E-state index in [0.717, 1.165) is 0 Å². The summed E-state index contributed by atoms with van der Waals surface area (Å²) in [5.41, 5.74) is 7.28. The fraction of sp³-hybridized carbons (Fsp3) is 0.143. The van der Waals surface area contributed by atoms with Gasteiger partial charge in [0, 0.05) is 22.3 Å². The van der Waals surface area contributed by atoms with Crippen LogP contribution in [0.2, 0.25) is 5.02 Å². The Kier molecular flexibility index (Phi) is 3.81. The normalized spacial score (nSPS) is 11.3. The topological polar surface area (TPSA) is 65.4 Å². The summed E-state index contributed by atoms with van der Waals surface area (Å²) in [5, 5.41) is 4.47. The Morgan fingerprint density at radius 3 is 2.86 bits per heavy atom. The summed E-state index contributed by atoms with van der Waals surface area (Å²) < 4.78 is 31.5. The van der Waals surface area contributed by atoms with Gasteiger partial charge in [-0.25, -0.2) is 13.3 Å². The number of halogens is 3. The number of hydrogen-bond acceptors (Lipinski definition) is 4. The van der Waals surface area contributed by atoms with Crippen molar-refractivity contribution in [3.05, 3.63) is 41.6 Å². The van der Waals surface area contributed by atoms with Crippen molar-refractivity contribution in [1.29, 1.82) is 0 Å². The molecule has 5 nitrogen and oxygen atoms in total. The average molecular weight is 325 g/mol. The first kappa shape index (κ1) is 14.5. The van der Waals surface area contributed by atoms with Gasteiger partial charge < -0.3 is 10.5 Å². The summed E-state index contributed by atoms with van der Waals surface area (Å²) in [6.45, 7) is -0.702. The number of hydrogen-bond donors (Lipinski definition) is 1. The zero-order valence-corrected chi connectivity index (χ0v) is 12.0. The maximum absolute atomic E-state index is 12.4. The molecule has 114 valence electrons. The molecule has 0 radical (unpaired) electrons. The van der Waals surface area contributed by atoms with Gasteiger partial charge in [0.1, 0.15) is 12.4 Å². The molecule has 3 rings (SSSR count). The van der Waals surface area contributed by atoms with Gasteiger partial charge in [-0.15, -0.1) is 5.10 Å². The van der Waals surface area contributed by atoms with Gasteiger partial charge >= 0.3 is 0 Å². The van der Waals surface area contributed by atoms with Crippen molar-refractivity contribution in [2.75, 3.05) is 12.3 Å². The minimum absolute atomic E-state index is 0.115. The van der Waals surface area contributed by atoms with Gasteiger partial charge in [-0.1, -0.05) is 11.6 Å². The third-order valence-corrected chi connectivity index (χ3v) is 3.21. The highest BCUT2D eigenvalue weighted by Gasteiger charge is 2.15. The van der Waals surface area contributed by atoms with E-state index in [4.69, 9.17) is 22.1 Å². The number of nitrogens with zero attached hydrogens (tertiary/aromatic N) is 3. The molecule has 2 heterocycles. The quantitative estimate of drug-likeness (QED) is 0.800. The van der Waals surface area contributed by atoms with Crippen LogP contribution >= 0.6 is 11.6 Å². The van der Waals surface area contributed by atoms with Crippen molar-refractivity contribution >= 4 is 23.2 Å². The number of ether oxygens (including phenoxy) is 1. The summed E-state index contributed by atoms with van der Waals surface area (Å²) in [7, 11) is 0. The number of anilines is 1. The van der Waals surface area contributed by atoms with Crippen LogP contribution in [0.15, 0.2) is 36.5 Å². The van der Waals surface area contributed by atoms with E-state index in [0.29, 0.717) is 27.5 Å². The molecule has 0 atom stereocenters. The Morgan fingerprint density at radius 2 is 2.09 bits per heavy atom. The molecule has 0 spiro atoms. The van der Waals surface area contributed by atoms with Crippen molar-refractivity contribution in [3.63, 3.8) is 0 Å². The molecule has 0 fully saturated rings. The van der Waals surface area contributed by atoms with Crippen molar-refractivity contribution in [2.24, 2.45) is 0 Å². The molecule has 0 amide bonds. The molecule has 0 aliphatic carbocycles. The van der Waals surface area contributed by atoms with Crippen LogP contribution in [-0.4, -0.2) is 27.6 Å². The van der Waals surface area contributed by atoms with Crippen LogP contribution in [0.3, 0.4) is 0 Å². The van der Waals surface area contributed by atoms with Crippen LogP contribution in [0.5, 0.6) is 5.75 Å². The van der Waals surface area contributed by atoms with E-state index < -0.39 is 13.0 Å². The van der Waals surface area contributed by atoms with Gasteiger partial charge in [-0.05, 0) is 30.3 Å². The highest BCUT2D eigenvalue weighted by atomic mass is 35.5. The zero-order chi connectivity index (χ0) is 15.7. The number of alkyl halides is 2. The molecule has 2 aromatic heterocycles. The molecule has 0 saturated carbocycles. The maximum atomic E-state index is 12.4. The van der Waals surface area contributed by atoms with Crippen molar-refractivity contribution < 1.29 is 13.5 Å². The number of benzene rings is 1. The van der Waals surface area contributed by atoms with Crippen LogP contribution in [0, 0.1) is 0 Å². The van der Waals surface area contributed by atoms with E-state index in [-0.39, 0.29) is 5.95 Å². The molecule has 0 saturated heterocycles. The average Bonchev–Trinajstić information content (AvgIpc) is 2.85. The van der Waals surface area contributed by atoms with Gasteiger partial charge in [0.05, 0.1) is 0 Å². The van der Waals surface area contributed by atoms with E-state index >= 15 is 0 Å². The van der Waals surface area contributed by atoms with Gasteiger partial charge in [0.25, 0.3) is 6.43 Å². The summed E-state index contributed by atoms with van der Waals surface area (Å²) in [6, 6.07) is 8.26. The molecular formula is C14H11ClF2N4O. The van der Waals surface area contributed by atoms with Gasteiger partial charge in [0.15, 0.2) is 5.65 Å². The summed E-state index contributed by atoms with van der Waals surface area (Å²) >= 11 is 6.01. The molecule has 0 aliphatic rings. The van der Waals surface area contributed by atoms with E-state index in [1.54, 1.807) is 36.5 Å². The fourth-order valence-electron chi connectivity index (χ4n) is 2.12. The molecule has 2 N–H and O–H groups in total. The van der Waals surface area contributed by atoms with E-state index in [9.17, 15) is 8.78 Å². The summed E-state index contributed by atoms with van der Waals surface area (Å²) in [5.74, 6) is 0.406. The second-order valence-electron chi connectivity index (χ2n) is 4.50. The molecule has 0 aliphatic heterocycles. The van der Waals surface area contributed by atoms with Crippen LogP contribution in [0.1, 0.15) is 0 Å². The predicted molar refractivity (Wildman–Crippen MR) is 79.3 cm³/mol. The van der Waals surface area contributed by atoms with Crippen LogP contribution in [0.25, 0.3) is 16.8 Å². The second kappa shape index (κ2) is 5.76. The highest BCUT2D eigenvalue weighted by Crippen LogP contribution is 2.34. The van der Waals surface area contributed by atoms with Crippen LogP contribution in [0.4, 0.5) is 14.7 Å². The number of rotatable bonds is 4. The maximum Gasteiger partial charge on any atom is 0.272 e. The third-order valence-electron chi connectivity index (χ3n) is 2.98. The Bertz CT molecular complexity index is 822. The van der Waals surface area contributed by atoms with Crippen LogP contribution in [-0.2, 0) is 0 Å². The first-order valence-electron chi connectivity index (χ1n) is 6.36. The molecule has 0 bridgehead atoms. The smallest absolute Gasteiger partial charge is 0.272 e. The molecule has 3 aromatic rings. The summed E-state index contributed by atoms with van der Waals surface area (Å²) in [4.78, 5) is 4.14. The number of pyridine rings is 1. The number of nitrogens with two attached hydrogens (primary N) is 1. The SMILES string of the molecule is Nc1nc2c(-c3cc(Cl)ccc3OCC(F)F)cccn2n1. The van der Waals surface area contributed by atoms with E-state index in [1.807, 2.05) is 0 Å². The lowest BCUT2D eigenvalue weighted by Gasteiger charge is -2.12. The third kappa shape index (κ3) is 2.80. The Morgan fingerprint density at radius 1 is 1.27 bits per heavy atom. The minimum Gasteiger partial charge on any atom is -0.487 e. The number of nitrogen functional groups attached to an aromatic ring is 1. The lowest BCUT2D eigenvalue weighted by molar-refractivity contribution is 0.0822. The summed E-state index contributed by atoms with van der Waals surface area (Å²) in [6.07, 6.45) is -0.880. The standard InChI is InChI=1S/C14H11ClF2N4O/c15-8-3-4-11(22-7-12(16)17)10(6-8)9-2-1-5-21-13(9)19-14(18)20-21/h1-6,12H,7H2,(H2,18,20). The van der Waals surface area contributed by atoms with E-state index in [2.05, 4.69) is 10.1 Å². The first-order chi connectivity index (χ1) is 10.5. The molecule has 1 aromatic carbocycles. The monoisotopic (exact) mass is 324 g/mol. The van der Waals surface area contributed by atoms with Crippen LogP contribution < -0.4 is 10.5 Å². The predicted octanol–water partition coefficient (Wildman–Crippen LogP) is 3.28. The minimum atomic E-state index is -2.57. The fourth-order valence-corrected chi connectivity index (χ4v) is 2.30. The Labute approximate surface area is 129 Å². The lowest BCUT2D eigenvalue weighted by atomic mass is 10.1.